The van der Waals surface area contributed by atoms with Crippen molar-refractivity contribution >= 4 is 11.6 Å². The van der Waals surface area contributed by atoms with Gasteiger partial charge < -0.3 is 15.6 Å². The molecule has 2 rings (SSSR count). The number of rotatable bonds is 11. The van der Waals surface area contributed by atoms with Crippen LogP contribution in [0.25, 0.3) is 0 Å². The number of nitrogens with zero attached hydrogens (tertiary/aromatic N) is 3. The van der Waals surface area contributed by atoms with Gasteiger partial charge in [-0.3, -0.25) is 4.79 Å². The number of hydrazone groups is 1. The fourth-order valence-corrected chi connectivity index (χ4v) is 4.40. The quantitative estimate of drug-likeness (QED) is 0.183. The molecule has 0 aromatic heterocycles. The van der Waals surface area contributed by atoms with E-state index in [4.69, 9.17) is 5.84 Å². The molecule has 1 saturated heterocycles. The van der Waals surface area contributed by atoms with Gasteiger partial charge >= 0.3 is 0 Å². The summed E-state index contributed by atoms with van der Waals surface area (Å²) in [4.78, 5) is 18.0. The minimum absolute atomic E-state index is 0.0967. The van der Waals surface area contributed by atoms with E-state index in [1.165, 1.54) is 0 Å². The minimum atomic E-state index is 0.0967. The van der Waals surface area contributed by atoms with Crippen LogP contribution in [-0.2, 0) is 4.79 Å². The molecule has 1 unspecified atom stereocenters. The molecule has 2 N–H and O–H groups in total. The molecule has 0 saturated carbocycles. The number of carbonyl (C=O) groups excluding carboxylic acids is 1. The molecule has 186 valence electrons. The largest absolute Gasteiger partial charge is 0.323 e. The third kappa shape index (κ3) is 8.28. The van der Waals surface area contributed by atoms with Crippen LogP contribution in [0.4, 0.5) is 0 Å². The van der Waals surface area contributed by atoms with Gasteiger partial charge in [-0.25, -0.2) is 0 Å². The standard InChI is InChI=1S/C29H44N4O/c1-6-13-25(27(31-30)22-23(3)7-2)15-11-12-19-33(28-16-10-8-9-14-24(28)4)29(34)26-17-20-32(5)21-18-26/h6,8-11,13-15,23,26H,1,7,12,16-22,30H2,2-5H3/b15-11-,25-13+,31-27+. The maximum Gasteiger partial charge on any atom is 0.229 e. The van der Waals surface area contributed by atoms with Crippen molar-refractivity contribution in [2.75, 3.05) is 26.7 Å². The third-order valence-electron chi connectivity index (χ3n) is 6.86. The maximum atomic E-state index is 13.6. The van der Waals surface area contributed by atoms with Crippen LogP contribution in [0.2, 0.25) is 0 Å². The van der Waals surface area contributed by atoms with E-state index in [0.717, 1.165) is 74.2 Å². The zero-order valence-electron chi connectivity index (χ0n) is 21.7. The van der Waals surface area contributed by atoms with Crippen molar-refractivity contribution in [2.24, 2.45) is 22.8 Å². The second-order valence-electron chi connectivity index (χ2n) is 9.53. The molecule has 5 heteroatoms. The first-order chi connectivity index (χ1) is 16.4. The summed E-state index contributed by atoms with van der Waals surface area (Å²) >= 11 is 0. The first-order valence-electron chi connectivity index (χ1n) is 12.7. The average Bonchev–Trinajstić information content (AvgIpc) is 3.06. The van der Waals surface area contributed by atoms with Crippen molar-refractivity contribution in [2.45, 2.75) is 59.3 Å². The Labute approximate surface area is 207 Å². The Hall–Kier alpha value is -2.66. The van der Waals surface area contributed by atoms with E-state index in [9.17, 15) is 4.79 Å². The summed E-state index contributed by atoms with van der Waals surface area (Å²) in [5, 5.41) is 4.06. The monoisotopic (exact) mass is 464 g/mol. The Bertz CT molecular complexity index is 867. The number of allylic oxidation sites excluding steroid dienone is 9. The summed E-state index contributed by atoms with van der Waals surface area (Å²) < 4.78 is 0. The smallest absolute Gasteiger partial charge is 0.229 e. The molecule has 2 aliphatic rings. The van der Waals surface area contributed by atoms with Gasteiger partial charge in [-0.1, -0.05) is 75.5 Å². The number of hydrogen-bond donors (Lipinski definition) is 1. The first kappa shape index (κ1) is 27.6. The lowest BCUT2D eigenvalue weighted by molar-refractivity contribution is -0.135. The van der Waals surface area contributed by atoms with Crippen LogP contribution in [0.5, 0.6) is 0 Å². The van der Waals surface area contributed by atoms with Crippen LogP contribution in [0.1, 0.15) is 59.3 Å². The first-order valence-corrected chi connectivity index (χ1v) is 12.7. The Balaban J connectivity index is 2.17. The number of amides is 1. The molecule has 0 aromatic rings. The van der Waals surface area contributed by atoms with Crippen LogP contribution >= 0.6 is 0 Å². The predicted octanol–water partition coefficient (Wildman–Crippen LogP) is 5.76. The van der Waals surface area contributed by atoms with Gasteiger partial charge in [0.2, 0.25) is 5.91 Å². The van der Waals surface area contributed by atoms with Gasteiger partial charge in [-0.15, -0.1) is 0 Å². The fraction of sp³-hybridized carbons (Fsp3) is 0.517. The highest BCUT2D eigenvalue weighted by atomic mass is 16.2. The van der Waals surface area contributed by atoms with Gasteiger partial charge in [-0.05, 0) is 69.8 Å². The second-order valence-corrected chi connectivity index (χ2v) is 9.53. The van der Waals surface area contributed by atoms with Crippen LogP contribution in [0.3, 0.4) is 0 Å². The van der Waals surface area contributed by atoms with Gasteiger partial charge in [0.15, 0.2) is 0 Å². The van der Waals surface area contributed by atoms with Crippen LogP contribution < -0.4 is 5.84 Å². The van der Waals surface area contributed by atoms with Gasteiger partial charge in [0, 0.05) is 24.6 Å². The van der Waals surface area contributed by atoms with E-state index >= 15 is 0 Å². The summed E-state index contributed by atoms with van der Waals surface area (Å²) in [5.74, 6) is 6.60. The molecular weight excluding hydrogens is 420 g/mol. The zero-order valence-corrected chi connectivity index (χ0v) is 21.7. The van der Waals surface area contributed by atoms with Crippen molar-refractivity contribution in [1.29, 1.82) is 0 Å². The average molecular weight is 465 g/mol. The second kappa shape index (κ2) is 14.6. The van der Waals surface area contributed by atoms with Crippen LogP contribution in [0.15, 0.2) is 77.1 Å². The molecule has 5 nitrogen and oxygen atoms in total. The molecule has 1 aliphatic carbocycles. The Morgan fingerprint density at radius 2 is 2.09 bits per heavy atom. The van der Waals surface area contributed by atoms with Crippen molar-refractivity contribution < 1.29 is 4.79 Å². The molecule has 1 aliphatic heterocycles. The number of likely N-dealkylation sites (tertiary alicyclic amines) is 1. The van der Waals surface area contributed by atoms with Gasteiger partial charge in [-0.2, -0.15) is 5.10 Å². The number of nitrogens with two attached hydrogens (primary N) is 1. The SMILES string of the molecule is C=C/C=C(\C=C/CCN(C(=O)C1CCN(C)CC1)C1=C(C)C=CC=CC1)C(/CC(C)CC)=N/N. The molecule has 0 spiro atoms. The highest BCUT2D eigenvalue weighted by Crippen LogP contribution is 2.26. The van der Waals surface area contributed by atoms with Gasteiger partial charge in [0.1, 0.15) is 0 Å². The lowest BCUT2D eigenvalue weighted by Crippen LogP contribution is -2.41. The summed E-state index contributed by atoms with van der Waals surface area (Å²) in [7, 11) is 2.13. The predicted molar refractivity (Wildman–Crippen MR) is 145 cm³/mol. The van der Waals surface area contributed by atoms with E-state index in [1.807, 2.05) is 11.0 Å². The summed E-state index contributed by atoms with van der Waals surface area (Å²) in [6.07, 6.45) is 21.6. The van der Waals surface area contributed by atoms with Crippen molar-refractivity contribution in [3.8, 4) is 0 Å². The van der Waals surface area contributed by atoms with E-state index < -0.39 is 0 Å². The van der Waals surface area contributed by atoms with E-state index in [2.05, 4.69) is 80.9 Å². The number of piperidine rings is 1. The number of carbonyl (C=O) groups is 1. The van der Waals surface area contributed by atoms with Gasteiger partial charge in [0.05, 0.1) is 5.71 Å². The fourth-order valence-electron chi connectivity index (χ4n) is 4.40. The molecule has 1 atom stereocenters. The third-order valence-corrected chi connectivity index (χ3v) is 6.86. The van der Waals surface area contributed by atoms with Crippen LogP contribution in [-0.4, -0.2) is 48.1 Å². The summed E-state index contributed by atoms with van der Waals surface area (Å²) in [6.45, 7) is 13.0. The van der Waals surface area contributed by atoms with E-state index in [-0.39, 0.29) is 11.8 Å². The highest BCUT2D eigenvalue weighted by Gasteiger charge is 2.29. The molecule has 0 bridgehead atoms. The lowest BCUT2D eigenvalue weighted by Gasteiger charge is -2.34. The highest BCUT2D eigenvalue weighted by molar-refractivity contribution is 6.02. The molecule has 0 radical (unpaired) electrons. The van der Waals surface area contributed by atoms with Crippen molar-refractivity contribution in [3.05, 3.63) is 72.0 Å². The molecule has 0 aromatic carbocycles. The molecule has 34 heavy (non-hydrogen) atoms. The Morgan fingerprint density at radius 3 is 2.74 bits per heavy atom. The van der Waals surface area contributed by atoms with Gasteiger partial charge in [0.25, 0.3) is 0 Å². The molecule has 1 amide bonds. The van der Waals surface area contributed by atoms with Crippen LogP contribution in [0, 0.1) is 11.8 Å². The molecular formula is C29H44N4O. The lowest BCUT2D eigenvalue weighted by atomic mass is 9.94. The zero-order chi connectivity index (χ0) is 24.9. The van der Waals surface area contributed by atoms with Crippen molar-refractivity contribution in [1.82, 2.24) is 9.80 Å². The Kier molecular flexibility index (Phi) is 11.8. The minimum Gasteiger partial charge on any atom is -0.323 e. The molecule has 1 heterocycles. The normalized spacial score (nSPS) is 19.5. The van der Waals surface area contributed by atoms with E-state index in [1.54, 1.807) is 6.08 Å². The topological polar surface area (TPSA) is 61.9 Å². The Morgan fingerprint density at radius 1 is 1.35 bits per heavy atom. The van der Waals surface area contributed by atoms with E-state index in [0.29, 0.717) is 12.5 Å². The number of hydrogen-bond acceptors (Lipinski definition) is 4. The maximum absolute atomic E-state index is 13.6. The summed E-state index contributed by atoms with van der Waals surface area (Å²) in [5.41, 5.74) is 4.16. The summed E-state index contributed by atoms with van der Waals surface area (Å²) in [6, 6.07) is 0. The van der Waals surface area contributed by atoms with Crippen molar-refractivity contribution in [3.63, 3.8) is 0 Å². The molecule has 1 fully saturated rings.